The summed E-state index contributed by atoms with van der Waals surface area (Å²) in [5.41, 5.74) is 0.246. The second kappa shape index (κ2) is 6.14. The lowest BCUT2D eigenvalue weighted by Gasteiger charge is -2.24. The van der Waals surface area contributed by atoms with Gasteiger partial charge < -0.3 is 10.4 Å². The van der Waals surface area contributed by atoms with E-state index >= 15 is 0 Å². The maximum Gasteiger partial charge on any atom is 0.123 e. The zero-order valence-electron chi connectivity index (χ0n) is 11.1. The first-order valence-corrected chi connectivity index (χ1v) is 7.06. The third-order valence-electron chi connectivity index (χ3n) is 3.02. The van der Waals surface area contributed by atoms with Gasteiger partial charge in [0.25, 0.3) is 0 Å². The molecule has 3 nitrogen and oxygen atoms in total. The van der Waals surface area contributed by atoms with Gasteiger partial charge in [-0.25, -0.2) is 4.39 Å². The molecule has 0 spiro atoms. The Morgan fingerprint density at radius 3 is 2.70 bits per heavy atom. The Balaban J connectivity index is 1.92. The quantitative estimate of drug-likeness (QED) is 0.890. The molecule has 0 saturated carbocycles. The Morgan fingerprint density at radius 1 is 1.40 bits per heavy atom. The molecule has 2 N–H and O–H groups in total. The summed E-state index contributed by atoms with van der Waals surface area (Å²) in [4.78, 5) is 1.04. The summed E-state index contributed by atoms with van der Waals surface area (Å²) < 4.78 is 12.9. The molecular weight excluding hydrogens is 275 g/mol. The first-order chi connectivity index (χ1) is 9.51. The van der Waals surface area contributed by atoms with Gasteiger partial charge in [-0.15, -0.1) is 11.3 Å². The Kier molecular flexibility index (Phi) is 4.50. The van der Waals surface area contributed by atoms with Gasteiger partial charge in [0, 0.05) is 23.3 Å². The van der Waals surface area contributed by atoms with Crippen LogP contribution in [0.5, 0.6) is 0 Å². The van der Waals surface area contributed by atoms with Crippen molar-refractivity contribution in [3.63, 3.8) is 0 Å². The fraction of sp³-hybridized carbons (Fsp3) is 0.267. The normalized spacial score (nSPS) is 13.7. The van der Waals surface area contributed by atoms with Crippen molar-refractivity contribution in [2.75, 3.05) is 6.54 Å². The highest BCUT2D eigenvalue weighted by Gasteiger charge is 2.22. The van der Waals surface area contributed by atoms with Crippen molar-refractivity contribution < 1.29 is 9.50 Å². The summed E-state index contributed by atoms with van der Waals surface area (Å²) >= 11 is 1.51. The summed E-state index contributed by atoms with van der Waals surface area (Å²) in [5.74, 6) is -0.319. The van der Waals surface area contributed by atoms with Gasteiger partial charge in [0.05, 0.1) is 11.2 Å². The zero-order valence-corrected chi connectivity index (χ0v) is 11.9. The third kappa shape index (κ3) is 3.64. The molecule has 1 unspecified atom stereocenters. The number of rotatable bonds is 5. The summed E-state index contributed by atoms with van der Waals surface area (Å²) in [6.07, 6.45) is 0. The molecule has 20 heavy (non-hydrogen) atoms. The molecule has 1 atom stereocenters. The van der Waals surface area contributed by atoms with Gasteiger partial charge in [-0.05, 0) is 30.7 Å². The van der Waals surface area contributed by atoms with E-state index in [1.54, 1.807) is 24.4 Å². The highest BCUT2D eigenvalue weighted by Crippen LogP contribution is 2.20. The number of aliphatic hydroxyl groups is 1. The van der Waals surface area contributed by atoms with Gasteiger partial charge in [0.15, 0.2) is 0 Å². The lowest BCUT2D eigenvalue weighted by Crippen LogP contribution is -2.35. The molecule has 0 bridgehead atoms. The van der Waals surface area contributed by atoms with Gasteiger partial charge in [0.1, 0.15) is 11.9 Å². The predicted octanol–water partition coefficient (Wildman–Crippen LogP) is 2.76. The van der Waals surface area contributed by atoms with Crippen molar-refractivity contribution >= 4 is 11.3 Å². The SMILES string of the molecule is CC(O)(CNCc1cc(C#N)cs1)c1ccc(F)cc1. The molecule has 1 heterocycles. The minimum absolute atomic E-state index is 0.319. The molecule has 0 amide bonds. The molecule has 0 radical (unpaired) electrons. The first-order valence-electron chi connectivity index (χ1n) is 6.18. The van der Waals surface area contributed by atoms with Gasteiger partial charge >= 0.3 is 0 Å². The number of hydrogen-bond acceptors (Lipinski definition) is 4. The topological polar surface area (TPSA) is 56.0 Å². The summed E-state index contributed by atoms with van der Waals surface area (Å²) in [6.45, 7) is 2.62. The van der Waals surface area contributed by atoms with Crippen molar-refractivity contribution in [1.82, 2.24) is 5.32 Å². The summed E-state index contributed by atoms with van der Waals surface area (Å²) in [7, 11) is 0. The predicted molar refractivity (Wildman–Crippen MR) is 76.7 cm³/mol. The van der Waals surface area contributed by atoms with Crippen molar-refractivity contribution in [3.8, 4) is 6.07 Å². The lowest BCUT2D eigenvalue weighted by molar-refractivity contribution is 0.0567. The van der Waals surface area contributed by atoms with Crippen LogP contribution < -0.4 is 5.32 Å². The smallest absolute Gasteiger partial charge is 0.123 e. The monoisotopic (exact) mass is 290 g/mol. The maximum absolute atomic E-state index is 12.9. The molecule has 0 aliphatic heterocycles. The van der Waals surface area contributed by atoms with E-state index in [0.717, 1.165) is 4.88 Å². The number of halogens is 1. The number of hydrogen-bond donors (Lipinski definition) is 2. The number of thiophene rings is 1. The van der Waals surface area contributed by atoms with Crippen molar-refractivity contribution in [2.45, 2.75) is 19.1 Å². The fourth-order valence-corrected chi connectivity index (χ4v) is 2.65. The van der Waals surface area contributed by atoms with E-state index in [2.05, 4.69) is 11.4 Å². The average molecular weight is 290 g/mol. The minimum Gasteiger partial charge on any atom is -0.384 e. The van der Waals surface area contributed by atoms with Gasteiger partial charge in [-0.2, -0.15) is 5.26 Å². The van der Waals surface area contributed by atoms with E-state index in [1.807, 2.05) is 6.07 Å². The van der Waals surface area contributed by atoms with Crippen molar-refractivity contribution in [2.24, 2.45) is 0 Å². The minimum atomic E-state index is -1.07. The van der Waals surface area contributed by atoms with Crippen molar-refractivity contribution in [3.05, 3.63) is 57.5 Å². The maximum atomic E-state index is 12.9. The molecular formula is C15H15FN2OS. The Morgan fingerprint density at radius 2 is 2.10 bits per heavy atom. The zero-order chi connectivity index (χ0) is 14.6. The number of benzene rings is 1. The van der Waals surface area contributed by atoms with E-state index in [9.17, 15) is 9.50 Å². The second-order valence-electron chi connectivity index (χ2n) is 4.80. The van der Waals surface area contributed by atoms with Crippen LogP contribution in [-0.2, 0) is 12.1 Å². The van der Waals surface area contributed by atoms with E-state index in [-0.39, 0.29) is 5.82 Å². The van der Waals surface area contributed by atoms with Crippen LogP contribution >= 0.6 is 11.3 Å². The molecule has 104 valence electrons. The van der Waals surface area contributed by atoms with Crippen LogP contribution in [0.15, 0.2) is 35.7 Å². The highest BCUT2D eigenvalue weighted by atomic mass is 32.1. The van der Waals surface area contributed by atoms with Gasteiger partial charge in [-0.3, -0.25) is 0 Å². The molecule has 1 aromatic carbocycles. The van der Waals surface area contributed by atoms with Crippen LogP contribution in [0.2, 0.25) is 0 Å². The van der Waals surface area contributed by atoms with E-state index < -0.39 is 5.60 Å². The standard InChI is InChI=1S/C15H15FN2OS/c1-15(19,12-2-4-13(16)5-3-12)10-18-8-14-6-11(7-17)9-20-14/h2-6,9,18-19H,8,10H2,1H3. The Bertz CT molecular complexity index is 614. The lowest BCUT2D eigenvalue weighted by atomic mass is 9.96. The summed E-state index contributed by atoms with van der Waals surface area (Å²) in [6, 6.07) is 9.74. The molecule has 0 saturated heterocycles. The van der Waals surface area contributed by atoms with Crippen LogP contribution in [-0.4, -0.2) is 11.7 Å². The second-order valence-corrected chi connectivity index (χ2v) is 5.79. The highest BCUT2D eigenvalue weighted by molar-refractivity contribution is 7.10. The van der Waals surface area contributed by atoms with Gasteiger partial charge in [-0.1, -0.05) is 12.1 Å². The van der Waals surface area contributed by atoms with E-state index in [4.69, 9.17) is 5.26 Å². The number of nitrogens with one attached hydrogen (secondary N) is 1. The first kappa shape index (κ1) is 14.7. The molecule has 2 rings (SSSR count). The van der Waals surface area contributed by atoms with Crippen molar-refractivity contribution in [1.29, 1.82) is 5.26 Å². The number of nitrogens with zero attached hydrogens (tertiary/aromatic N) is 1. The largest absolute Gasteiger partial charge is 0.384 e. The van der Waals surface area contributed by atoms with E-state index in [1.165, 1.54) is 23.5 Å². The number of nitriles is 1. The molecule has 0 aliphatic carbocycles. The van der Waals surface area contributed by atoms with Crippen LogP contribution in [0.1, 0.15) is 22.9 Å². The van der Waals surface area contributed by atoms with Crippen LogP contribution in [0.3, 0.4) is 0 Å². The molecule has 0 aliphatic rings. The molecule has 2 aromatic rings. The van der Waals surface area contributed by atoms with Crippen LogP contribution in [0, 0.1) is 17.1 Å². The van der Waals surface area contributed by atoms with Gasteiger partial charge in [0.2, 0.25) is 0 Å². The Hall–Kier alpha value is -1.74. The molecule has 0 fully saturated rings. The van der Waals surface area contributed by atoms with Crippen LogP contribution in [0.4, 0.5) is 4.39 Å². The van der Waals surface area contributed by atoms with Crippen LogP contribution in [0.25, 0.3) is 0 Å². The average Bonchev–Trinajstić information content (AvgIpc) is 2.87. The van der Waals surface area contributed by atoms with E-state index in [0.29, 0.717) is 24.2 Å². The molecule has 5 heteroatoms. The fourth-order valence-electron chi connectivity index (χ4n) is 1.87. The Labute approximate surface area is 121 Å². The third-order valence-corrected chi connectivity index (χ3v) is 3.95. The molecule has 1 aromatic heterocycles. The summed E-state index contributed by atoms with van der Waals surface area (Å²) in [5, 5.41) is 24.1.